The van der Waals surface area contributed by atoms with E-state index in [0.29, 0.717) is 5.92 Å². The molecule has 1 N–H and O–H groups in total. The molecule has 0 saturated carbocycles. The Bertz CT molecular complexity index is 626. The minimum Gasteiger partial charge on any atom is -0.497 e. The number of aromatic nitrogens is 2. The van der Waals surface area contributed by atoms with E-state index in [1.54, 1.807) is 7.11 Å². The molecule has 1 saturated heterocycles. The summed E-state index contributed by atoms with van der Waals surface area (Å²) >= 11 is 5.44. The number of ether oxygens (including phenoxy) is 2. The molecule has 102 valence electrons. The second-order valence-electron chi connectivity index (χ2n) is 4.98. The van der Waals surface area contributed by atoms with Gasteiger partial charge < -0.3 is 19.0 Å². The van der Waals surface area contributed by atoms with Crippen LogP contribution in [-0.2, 0) is 11.3 Å². The first-order chi connectivity index (χ1) is 9.28. The maximum absolute atomic E-state index is 5.44. The molecule has 1 aromatic carbocycles. The SMILES string of the molecule is COc1ccc2[nH]c(=S)n(CC3CCOCC3)c2c1. The van der Waals surface area contributed by atoms with E-state index in [0.717, 1.165) is 54.2 Å². The maximum atomic E-state index is 5.44. The molecule has 19 heavy (non-hydrogen) atoms. The first-order valence-corrected chi connectivity index (χ1v) is 7.03. The molecule has 1 fully saturated rings. The highest BCUT2D eigenvalue weighted by Crippen LogP contribution is 2.24. The Morgan fingerprint density at radius 3 is 2.95 bits per heavy atom. The largest absolute Gasteiger partial charge is 0.497 e. The zero-order chi connectivity index (χ0) is 13.2. The predicted octanol–water partition coefficient (Wildman–Crippen LogP) is 3.13. The van der Waals surface area contributed by atoms with Gasteiger partial charge in [0.1, 0.15) is 5.75 Å². The second-order valence-corrected chi connectivity index (χ2v) is 5.37. The third kappa shape index (κ3) is 2.53. The number of benzene rings is 1. The van der Waals surface area contributed by atoms with Crippen LogP contribution in [0.3, 0.4) is 0 Å². The number of nitrogens with zero attached hydrogens (tertiary/aromatic N) is 1. The Morgan fingerprint density at radius 2 is 2.21 bits per heavy atom. The van der Waals surface area contributed by atoms with Crippen LogP contribution < -0.4 is 4.74 Å². The number of hydrogen-bond acceptors (Lipinski definition) is 3. The average molecular weight is 278 g/mol. The summed E-state index contributed by atoms with van der Waals surface area (Å²) in [6.45, 7) is 2.68. The van der Waals surface area contributed by atoms with Gasteiger partial charge in [-0.3, -0.25) is 0 Å². The fraction of sp³-hybridized carbons (Fsp3) is 0.500. The monoisotopic (exact) mass is 278 g/mol. The number of imidazole rings is 1. The van der Waals surface area contributed by atoms with E-state index in [-0.39, 0.29) is 0 Å². The van der Waals surface area contributed by atoms with Gasteiger partial charge in [0.05, 0.1) is 18.1 Å². The Labute approximate surface area is 117 Å². The summed E-state index contributed by atoms with van der Waals surface area (Å²) < 4.78 is 13.7. The number of methoxy groups -OCH3 is 1. The zero-order valence-electron chi connectivity index (χ0n) is 11.0. The van der Waals surface area contributed by atoms with Crippen LogP contribution >= 0.6 is 12.2 Å². The van der Waals surface area contributed by atoms with Crippen molar-refractivity contribution in [3.05, 3.63) is 23.0 Å². The molecule has 3 rings (SSSR count). The molecule has 1 aromatic heterocycles. The minimum absolute atomic E-state index is 0.644. The fourth-order valence-corrected chi connectivity index (χ4v) is 2.91. The van der Waals surface area contributed by atoms with Gasteiger partial charge in [-0.1, -0.05) is 0 Å². The van der Waals surface area contributed by atoms with Crippen LogP contribution in [0.4, 0.5) is 0 Å². The topological polar surface area (TPSA) is 39.2 Å². The summed E-state index contributed by atoms with van der Waals surface area (Å²) in [7, 11) is 1.69. The zero-order valence-corrected chi connectivity index (χ0v) is 11.8. The molecule has 5 heteroatoms. The van der Waals surface area contributed by atoms with Gasteiger partial charge in [-0.2, -0.15) is 0 Å². The smallest absolute Gasteiger partial charge is 0.178 e. The molecule has 0 bridgehead atoms. The molecule has 0 amide bonds. The third-order valence-electron chi connectivity index (χ3n) is 3.76. The van der Waals surface area contributed by atoms with Crippen molar-refractivity contribution in [2.75, 3.05) is 20.3 Å². The average Bonchev–Trinajstić information content (AvgIpc) is 2.76. The molecule has 0 unspecified atom stereocenters. The summed E-state index contributed by atoms with van der Waals surface area (Å²) in [6.07, 6.45) is 2.22. The Hall–Kier alpha value is -1.33. The van der Waals surface area contributed by atoms with E-state index >= 15 is 0 Å². The van der Waals surface area contributed by atoms with E-state index in [2.05, 4.69) is 9.55 Å². The van der Waals surface area contributed by atoms with Gasteiger partial charge in [0.15, 0.2) is 4.77 Å². The molecular formula is C14H18N2O2S. The second kappa shape index (κ2) is 5.35. The first kappa shape index (κ1) is 12.7. The van der Waals surface area contributed by atoms with Crippen molar-refractivity contribution in [2.45, 2.75) is 19.4 Å². The number of hydrogen-bond donors (Lipinski definition) is 1. The molecule has 2 aromatic rings. The van der Waals surface area contributed by atoms with E-state index in [9.17, 15) is 0 Å². The lowest BCUT2D eigenvalue weighted by molar-refractivity contribution is 0.0615. The summed E-state index contributed by atoms with van der Waals surface area (Å²) in [4.78, 5) is 3.26. The van der Waals surface area contributed by atoms with Gasteiger partial charge in [0, 0.05) is 25.8 Å². The van der Waals surface area contributed by atoms with Gasteiger partial charge >= 0.3 is 0 Å². The Morgan fingerprint density at radius 1 is 1.42 bits per heavy atom. The first-order valence-electron chi connectivity index (χ1n) is 6.62. The van der Waals surface area contributed by atoms with Gasteiger partial charge in [-0.25, -0.2) is 0 Å². The van der Waals surface area contributed by atoms with Crippen LogP contribution in [0.15, 0.2) is 18.2 Å². The standard InChI is InChI=1S/C14H18N2O2S/c1-17-11-2-3-12-13(8-11)16(14(19)15-12)9-10-4-6-18-7-5-10/h2-3,8,10H,4-7,9H2,1H3,(H,15,19). The molecule has 0 aliphatic carbocycles. The highest BCUT2D eigenvalue weighted by molar-refractivity contribution is 7.71. The van der Waals surface area contributed by atoms with E-state index in [1.165, 1.54) is 0 Å². The Kier molecular flexibility index (Phi) is 3.57. The van der Waals surface area contributed by atoms with Gasteiger partial charge in [-0.15, -0.1) is 0 Å². The number of H-pyrrole nitrogens is 1. The highest BCUT2D eigenvalue weighted by atomic mass is 32.1. The van der Waals surface area contributed by atoms with Crippen molar-refractivity contribution in [3.8, 4) is 5.75 Å². The minimum atomic E-state index is 0.644. The van der Waals surface area contributed by atoms with Crippen LogP contribution in [0.25, 0.3) is 11.0 Å². The molecule has 0 radical (unpaired) electrons. The quantitative estimate of drug-likeness (QED) is 0.877. The van der Waals surface area contributed by atoms with Crippen LogP contribution in [0.5, 0.6) is 5.75 Å². The van der Waals surface area contributed by atoms with E-state index in [1.807, 2.05) is 18.2 Å². The van der Waals surface area contributed by atoms with Crippen LogP contribution in [0.2, 0.25) is 0 Å². The highest BCUT2D eigenvalue weighted by Gasteiger charge is 2.16. The number of aromatic amines is 1. The van der Waals surface area contributed by atoms with Crippen molar-refractivity contribution < 1.29 is 9.47 Å². The molecule has 4 nitrogen and oxygen atoms in total. The molecule has 0 spiro atoms. The number of nitrogens with one attached hydrogen (secondary N) is 1. The van der Waals surface area contributed by atoms with Crippen LogP contribution in [-0.4, -0.2) is 29.9 Å². The fourth-order valence-electron chi connectivity index (χ4n) is 2.63. The molecule has 1 aliphatic heterocycles. The molecular weight excluding hydrogens is 260 g/mol. The third-order valence-corrected chi connectivity index (χ3v) is 4.09. The van der Waals surface area contributed by atoms with Crippen LogP contribution in [0.1, 0.15) is 12.8 Å². The summed E-state index contributed by atoms with van der Waals surface area (Å²) in [5.74, 6) is 1.51. The van der Waals surface area contributed by atoms with Gasteiger partial charge in [-0.05, 0) is 43.1 Å². The molecule has 0 atom stereocenters. The summed E-state index contributed by atoms with van der Waals surface area (Å²) in [5.41, 5.74) is 2.19. The lowest BCUT2D eigenvalue weighted by Crippen LogP contribution is -2.20. The van der Waals surface area contributed by atoms with Crippen molar-refractivity contribution >= 4 is 23.3 Å². The lowest BCUT2D eigenvalue weighted by Gasteiger charge is -2.22. The Balaban J connectivity index is 1.96. The molecule has 2 heterocycles. The summed E-state index contributed by atoms with van der Waals surface area (Å²) in [5, 5.41) is 0. The van der Waals surface area contributed by atoms with Crippen molar-refractivity contribution in [2.24, 2.45) is 5.92 Å². The number of fused-ring (bicyclic) bond motifs is 1. The maximum Gasteiger partial charge on any atom is 0.178 e. The lowest BCUT2D eigenvalue weighted by atomic mass is 10.0. The van der Waals surface area contributed by atoms with Gasteiger partial charge in [0.2, 0.25) is 0 Å². The normalized spacial score (nSPS) is 16.9. The number of rotatable bonds is 3. The van der Waals surface area contributed by atoms with E-state index in [4.69, 9.17) is 21.7 Å². The summed E-state index contributed by atoms with van der Waals surface area (Å²) in [6, 6.07) is 6.01. The van der Waals surface area contributed by atoms with Crippen molar-refractivity contribution in [3.63, 3.8) is 0 Å². The van der Waals surface area contributed by atoms with Crippen molar-refractivity contribution in [1.82, 2.24) is 9.55 Å². The predicted molar refractivity (Wildman–Crippen MR) is 77.2 cm³/mol. The van der Waals surface area contributed by atoms with Gasteiger partial charge in [0.25, 0.3) is 0 Å². The van der Waals surface area contributed by atoms with E-state index < -0.39 is 0 Å². The molecule has 1 aliphatic rings. The van der Waals surface area contributed by atoms with Crippen molar-refractivity contribution in [1.29, 1.82) is 0 Å². The van der Waals surface area contributed by atoms with Crippen LogP contribution in [0, 0.1) is 10.7 Å².